The minimum Gasteiger partial charge on any atom is -0.462 e. The Morgan fingerprint density at radius 3 is 0.800 bits per heavy atom. The van der Waals surface area contributed by atoms with E-state index in [1.165, 1.54) is 205 Å². The Morgan fingerprint density at radius 1 is 0.308 bits per heavy atom. The molecule has 0 saturated heterocycles. The summed E-state index contributed by atoms with van der Waals surface area (Å²) >= 11 is 0. The Labute approximate surface area is 406 Å². The lowest BCUT2D eigenvalue weighted by Crippen LogP contribution is -2.30. The summed E-state index contributed by atoms with van der Waals surface area (Å²) in [4.78, 5) is 38.2. The first-order valence-electron chi connectivity index (χ1n) is 29.1. The van der Waals surface area contributed by atoms with Crippen molar-refractivity contribution in [3.63, 3.8) is 0 Å². The van der Waals surface area contributed by atoms with E-state index in [1.807, 2.05) is 0 Å². The number of carbonyl (C=O) groups excluding carboxylic acids is 3. The van der Waals surface area contributed by atoms with Crippen molar-refractivity contribution in [2.24, 2.45) is 17.8 Å². The molecule has 6 nitrogen and oxygen atoms in total. The normalized spacial score (nSPS) is 12.6. The molecule has 0 aliphatic carbocycles. The van der Waals surface area contributed by atoms with E-state index in [0.717, 1.165) is 75.5 Å². The van der Waals surface area contributed by atoms with Crippen LogP contribution >= 0.6 is 0 Å². The molecule has 2 atom stereocenters. The van der Waals surface area contributed by atoms with Crippen molar-refractivity contribution < 1.29 is 28.6 Å². The summed E-state index contributed by atoms with van der Waals surface area (Å²) in [5, 5.41) is 0. The molecule has 0 amide bonds. The zero-order valence-electron chi connectivity index (χ0n) is 44.8. The van der Waals surface area contributed by atoms with Crippen LogP contribution in [-0.2, 0) is 28.6 Å². The minimum atomic E-state index is -0.764. The molecule has 0 bridgehead atoms. The van der Waals surface area contributed by atoms with Gasteiger partial charge in [-0.1, -0.05) is 286 Å². The molecule has 0 aliphatic rings. The maximum Gasteiger partial charge on any atom is 0.306 e. The third-order valence-corrected chi connectivity index (χ3v) is 13.8. The van der Waals surface area contributed by atoms with E-state index in [-0.39, 0.29) is 31.1 Å². The van der Waals surface area contributed by atoms with Crippen molar-refractivity contribution in [2.45, 2.75) is 330 Å². The van der Waals surface area contributed by atoms with Gasteiger partial charge in [0, 0.05) is 19.3 Å². The van der Waals surface area contributed by atoms with Gasteiger partial charge in [0.2, 0.25) is 0 Å². The Bertz CT molecular complexity index is 1010. The maximum absolute atomic E-state index is 12.8. The summed E-state index contributed by atoms with van der Waals surface area (Å²) in [6, 6.07) is 0. The van der Waals surface area contributed by atoms with Crippen LogP contribution in [0.4, 0.5) is 0 Å². The highest BCUT2D eigenvalue weighted by Gasteiger charge is 2.19. The van der Waals surface area contributed by atoms with Crippen molar-refractivity contribution in [3.8, 4) is 0 Å². The van der Waals surface area contributed by atoms with Crippen molar-refractivity contribution in [1.82, 2.24) is 0 Å². The number of hydrogen-bond donors (Lipinski definition) is 0. The first-order valence-corrected chi connectivity index (χ1v) is 29.1. The predicted molar refractivity (Wildman–Crippen MR) is 279 cm³/mol. The summed E-state index contributed by atoms with van der Waals surface area (Å²) < 4.78 is 16.9. The molecule has 0 N–H and O–H groups in total. The molecule has 0 saturated carbocycles. The van der Waals surface area contributed by atoms with E-state index in [2.05, 4.69) is 41.5 Å². The van der Waals surface area contributed by atoms with Gasteiger partial charge in [-0.15, -0.1) is 0 Å². The van der Waals surface area contributed by atoms with Gasteiger partial charge in [0.1, 0.15) is 13.2 Å². The highest BCUT2D eigenvalue weighted by Crippen LogP contribution is 2.19. The van der Waals surface area contributed by atoms with Crippen LogP contribution in [-0.4, -0.2) is 37.2 Å². The molecule has 0 aliphatic heterocycles. The van der Waals surface area contributed by atoms with Gasteiger partial charge in [-0.2, -0.15) is 0 Å². The summed E-state index contributed by atoms with van der Waals surface area (Å²) in [6.07, 6.45) is 52.3. The van der Waals surface area contributed by atoms with Crippen LogP contribution in [0.25, 0.3) is 0 Å². The summed E-state index contributed by atoms with van der Waals surface area (Å²) in [6.45, 7) is 13.8. The SMILES string of the molecule is CCC(C)CCCCCCCCCCCCC(=O)O[C@@H](COC(=O)CCCCCCCCCCCCCCCCC(C)C)COC(=O)CCCCCCCCCCCCCCCC(C)C. The van der Waals surface area contributed by atoms with Crippen molar-refractivity contribution >= 4 is 17.9 Å². The monoisotopic (exact) mass is 919 g/mol. The molecule has 0 spiro atoms. The van der Waals surface area contributed by atoms with Crippen LogP contribution in [0.5, 0.6) is 0 Å². The standard InChI is InChI=1S/C59H114O6/c1-7-55(6)47-41-35-29-23-19-20-26-32-38-44-50-59(62)65-56(52-64-58(61)49-43-37-31-25-18-14-10-12-16-22-28-34-40-46-54(4)5)51-63-57(60)48-42-36-30-24-17-13-9-8-11-15-21-27-33-39-45-53(2)3/h53-56H,7-52H2,1-6H3/t55?,56-/m0/s1. The fourth-order valence-corrected chi connectivity index (χ4v) is 8.97. The van der Waals surface area contributed by atoms with Crippen molar-refractivity contribution in [2.75, 3.05) is 13.2 Å². The number of ether oxygens (including phenoxy) is 3. The van der Waals surface area contributed by atoms with Crippen LogP contribution in [0.1, 0.15) is 324 Å². The second kappa shape index (κ2) is 50.3. The lowest BCUT2D eigenvalue weighted by atomic mass is 9.99. The van der Waals surface area contributed by atoms with E-state index in [4.69, 9.17) is 14.2 Å². The topological polar surface area (TPSA) is 78.9 Å². The summed E-state index contributed by atoms with van der Waals surface area (Å²) in [5.41, 5.74) is 0. The van der Waals surface area contributed by atoms with Gasteiger partial charge in [0.05, 0.1) is 0 Å². The molecule has 0 radical (unpaired) electrons. The molecular weight excluding hydrogens is 805 g/mol. The zero-order chi connectivity index (χ0) is 47.7. The first kappa shape index (κ1) is 63.4. The Morgan fingerprint density at radius 2 is 0.538 bits per heavy atom. The van der Waals surface area contributed by atoms with Crippen LogP contribution in [0.2, 0.25) is 0 Å². The second-order valence-corrected chi connectivity index (χ2v) is 21.5. The fraction of sp³-hybridized carbons (Fsp3) is 0.949. The molecule has 0 heterocycles. The number of hydrogen-bond acceptors (Lipinski definition) is 6. The van der Waals surface area contributed by atoms with Gasteiger partial charge in [-0.05, 0) is 37.0 Å². The van der Waals surface area contributed by atoms with Gasteiger partial charge in [0.15, 0.2) is 6.10 Å². The smallest absolute Gasteiger partial charge is 0.306 e. The van der Waals surface area contributed by atoms with Gasteiger partial charge >= 0.3 is 17.9 Å². The zero-order valence-corrected chi connectivity index (χ0v) is 44.8. The third kappa shape index (κ3) is 51.6. The Kier molecular flexibility index (Phi) is 49.1. The molecule has 0 fully saturated rings. The van der Waals surface area contributed by atoms with Gasteiger partial charge in [-0.3, -0.25) is 14.4 Å². The van der Waals surface area contributed by atoms with E-state index in [1.54, 1.807) is 0 Å². The predicted octanol–water partition coefficient (Wildman–Crippen LogP) is 19.1. The molecule has 0 aromatic rings. The Balaban J connectivity index is 4.30. The fourth-order valence-electron chi connectivity index (χ4n) is 8.97. The largest absolute Gasteiger partial charge is 0.462 e. The van der Waals surface area contributed by atoms with Crippen molar-refractivity contribution in [3.05, 3.63) is 0 Å². The summed E-state index contributed by atoms with van der Waals surface area (Å²) in [5.74, 6) is 1.71. The van der Waals surface area contributed by atoms with Crippen LogP contribution in [0.3, 0.4) is 0 Å². The average Bonchev–Trinajstić information content (AvgIpc) is 3.28. The van der Waals surface area contributed by atoms with Crippen molar-refractivity contribution in [1.29, 1.82) is 0 Å². The lowest BCUT2D eigenvalue weighted by molar-refractivity contribution is -0.167. The molecule has 6 heteroatoms. The van der Waals surface area contributed by atoms with Crippen LogP contribution in [0.15, 0.2) is 0 Å². The first-order chi connectivity index (χ1) is 31.6. The van der Waals surface area contributed by atoms with Crippen LogP contribution < -0.4 is 0 Å². The third-order valence-electron chi connectivity index (χ3n) is 13.8. The maximum atomic E-state index is 12.8. The molecule has 0 rings (SSSR count). The highest BCUT2D eigenvalue weighted by molar-refractivity contribution is 5.71. The lowest BCUT2D eigenvalue weighted by Gasteiger charge is -2.18. The quantitative estimate of drug-likeness (QED) is 0.0344. The van der Waals surface area contributed by atoms with E-state index in [0.29, 0.717) is 19.3 Å². The molecule has 1 unspecified atom stereocenters. The highest BCUT2D eigenvalue weighted by atomic mass is 16.6. The van der Waals surface area contributed by atoms with E-state index in [9.17, 15) is 14.4 Å². The van der Waals surface area contributed by atoms with E-state index >= 15 is 0 Å². The number of carbonyl (C=O) groups is 3. The molecule has 0 aromatic heterocycles. The van der Waals surface area contributed by atoms with E-state index < -0.39 is 6.10 Å². The summed E-state index contributed by atoms with van der Waals surface area (Å²) in [7, 11) is 0. The Hall–Kier alpha value is -1.59. The molecular formula is C59H114O6. The van der Waals surface area contributed by atoms with Crippen LogP contribution in [0, 0.1) is 17.8 Å². The number of unbranched alkanes of at least 4 members (excludes halogenated alkanes) is 34. The van der Waals surface area contributed by atoms with Gasteiger partial charge in [0.25, 0.3) is 0 Å². The number of rotatable bonds is 52. The minimum absolute atomic E-state index is 0.0636. The average molecular weight is 920 g/mol. The number of esters is 3. The molecule has 0 aromatic carbocycles. The molecule has 386 valence electrons. The molecule has 65 heavy (non-hydrogen) atoms. The second-order valence-electron chi connectivity index (χ2n) is 21.5. The van der Waals surface area contributed by atoms with Gasteiger partial charge < -0.3 is 14.2 Å². The van der Waals surface area contributed by atoms with Gasteiger partial charge in [-0.25, -0.2) is 0 Å².